The lowest BCUT2D eigenvalue weighted by Gasteiger charge is -2.42. The Labute approximate surface area is 258 Å². The van der Waals surface area contributed by atoms with Crippen LogP contribution in [0.5, 0.6) is 0 Å². The van der Waals surface area contributed by atoms with Crippen LogP contribution in [0.15, 0.2) is 30.3 Å². The predicted octanol–water partition coefficient (Wildman–Crippen LogP) is 8.29. The minimum Gasteiger partial charge on any atom is -1.00 e. The molecule has 0 radical (unpaired) electrons. The van der Waals surface area contributed by atoms with Gasteiger partial charge in [-0.15, -0.1) is 6.42 Å². The highest BCUT2D eigenvalue weighted by Crippen LogP contribution is 2.27. The van der Waals surface area contributed by atoms with E-state index in [-0.39, 0.29) is 12.4 Å². The smallest absolute Gasteiger partial charge is 0.144 e. The Morgan fingerprint density at radius 1 is 0.632 bits per heavy atom. The van der Waals surface area contributed by atoms with Crippen LogP contribution in [0.2, 0.25) is 0 Å². The van der Waals surface area contributed by atoms with Crippen LogP contribution in [0.3, 0.4) is 0 Å². The van der Waals surface area contributed by atoms with Crippen LogP contribution in [0.4, 0.5) is 0 Å². The second-order valence-electron chi connectivity index (χ2n) is 11.5. The first-order chi connectivity index (χ1) is 18.2. The lowest BCUT2D eigenvalue weighted by Crippen LogP contribution is -3.00. The van der Waals surface area contributed by atoms with Gasteiger partial charge in [0, 0.05) is 6.42 Å². The van der Waals surface area contributed by atoms with Crippen LogP contribution >= 0.6 is 22.6 Å². The van der Waals surface area contributed by atoms with E-state index in [1.807, 2.05) is 0 Å². The Bertz CT molecular complexity index is 632. The fraction of sp³-hybridized carbons (Fsp3) is 0.771. The molecule has 1 aromatic carbocycles. The van der Waals surface area contributed by atoms with E-state index >= 15 is 0 Å². The van der Waals surface area contributed by atoms with E-state index < -0.39 is 0 Å². The molecule has 0 N–H and O–H groups in total. The monoisotopic (exact) mass is 657 g/mol. The summed E-state index contributed by atoms with van der Waals surface area (Å²) in [5.74, 6) is 3.11. The summed E-state index contributed by atoms with van der Waals surface area (Å²) >= 11 is 2.74. The molecule has 0 amide bonds. The van der Waals surface area contributed by atoms with Crippen molar-refractivity contribution in [2.75, 3.05) is 19.6 Å². The lowest BCUT2D eigenvalue weighted by molar-refractivity contribution is -0.927. The van der Waals surface area contributed by atoms with Crippen molar-refractivity contribution < 1.29 is 16.9 Å². The van der Waals surface area contributed by atoms with Crippen molar-refractivity contribution in [1.82, 2.24) is 0 Å². The summed E-state index contributed by atoms with van der Waals surface area (Å²) in [6, 6.07) is 11.1. The fourth-order valence-corrected chi connectivity index (χ4v) is 6.92. The third kappa shape index (κ3) is 18.9. The molecule has 38 heavy (non-hydrogen) atoms. The van der Waals surface area contributed by atoms with Crippen LogP contribution in [0.25, 0.3) is 0 Å². The van der Waals surface area contributed by atoms with Gasteiger partial charge in [0.1, 0.15) is 10.6 Å². The van der Waals surface area contributed by atoms with E-state index in [4.69, 9.17) is 6.42 Å². The van der Waals surface area contributed by atoms with E-state index in [1.54, 1.807) is 0 Å². The summed E-state index contributed by atoms with van der Waals surface area (Å²) in [7, 11) is 0. The van der Waals surface area contributed by atoms with Crippen LogP contribution in [-0.2, 0) is 6.42 Å². The van der Waals surface area contributed by atoms with Gasteiger partial charge in [0.25, 0.3) is 0 Å². The number of benzene rings is 1. The zero-order valence-electron chi connectivity index (χ0n) is 25.2. The summed E-state index contributed by atoms with van der Waals surface area (Å²) in [6.45, 7) is 7.98. The second kappa shape index (κ2) is 27.0. The number of hydrogen-bond acceptors (Lipinski definition) is 0. The average Bonchev–Trinajstić information content (AvgIpc) is 2.91. The molecule has 0 spiro atoms. The molecular weight excluding hydrogens is 597 g/mol. The van der Waals surface area contributed by atoms with Gasteiger partial charge in [-0.1, -0.05) is 147 Å². The van der Waals surface area contributed by atoms with E-state index in [0.717, 1.165) is 17.4 Å². The highest BCUT2D eigenvalue weighted by atomic mass is 127. The summed E-state index contributed by atoms with van der Waals surface area (Å²) < 4.78 is 1.66. The van der Waals surface area contributed by atoms with Crippen LogP contribution in [0, 0.1) is 12.3 Å². The highest BCUT2D eigenvalue weighted by molar-refractivity contribution is 14.1. The van der Waals surface area contributed by atoms with Crippen LogP contribution in [0.1, 0.15) is 148 Å². The molecule has 1 aromatic rings. The van der Waals surface area contributed by atoms with Gasteiger partial charge in [-0.25, -0.2) is 0 Å². The maximum Gasteiger partial charge on any atom is 0.144 e. The maximum atomic E-state index is 6.02. The summed E-state index contributed by atoms with van der Waals surface area (Å²) in [6.07, 6.45) is 35.1. The molecule has 1 rings (SSSR count). The Balaban J connectivity index is 0.0000137. The standard InChI is InChI=1S/C35H61IN.ClH/c1-4-7-9-11-13-15-17-19-21-26-31-37(30-6-3,35(36)33-34-28-24-23-25-29-34)32-27-22-20-18-16-14-12-10-8-5-2;/h3,23-25,28-29,35H,4-5,7-22,26-27,30-33H2,1-2H3;1H/q+1;/p-1. The molecule has 0 bridgehead atoms. The largest absolute Gasteiger partial charge is 1.00 e. The van der Waals surface area contributed by atoms with Crippen molar-refractivity contribution in [2.45, 2.75) is 153 Å². The third-order valence-corrected chi connectivity index (χ3v) is 9.78. The molecule has 1 atom stereocenters. The number of halogens is 2. The summed E-state index contributed by atoms with van der Waals surface area (Å²) in [4.78, 5) is 0. The summed E-state index contributed by atoms with van der Waals surface area (Å²) in [5.41, 5.74) is 1.45. The first-order valence-corrected chi connectivity index (χ1v) is 17.4. The zero-order valence-corrected chi connectivity index (χ0v) is 28.1. The van der Waals surface area contributed by atoms with Gasteiger partial charge < -0.3 is 16.9 Å². The topological polar surface area (TPSA) is 0 Å². The fourth-order valence-electron chi connectivity index (χ4n) is 5.66. The molecule has 0 fully saturated rings. The summed E-state index contributed by atoms with van der Waals surface area (Å²) in [5, 5.41) is 0. The van der Waals surface area contributed by atoms with Crippen molar-refractivity contribution in [2.24, 2.45) is 0 Å². The molecule has 0 saturated carbocycles. The molecule has 0 aliphatic carbocycles. The second-order valence-corrected chi connectivity index (χ2v) is 13.0. The number of terminal acetylenes is 1. The maximum absolute atomic E-state index is 6.02. The molecule has 0 saturated heterocycles. The van der Waals surface area contributed by atoms with Gasteiger partial charge in [0.15, 0.2) is 0 Å². The predicted molar refractivity (Wildman–Crippen MR) is 175 cm³/mol. The van der Waals surface area contributed by atoms with E-state index in [9.17, 15) is 0 Å². The average molecular weight is 658 g/mol. The quantitative estimate of drug-likeness (QED) is 0.0235. The first-order valence-electron chi connectivity index (χ1n) is 16.2. The Hall–Kier alpha value is -0.240. The van der Waals surface area contributed by atoms with Gasteiger partial charge in [0.05, 0.1) is 13.1 Å². The molecule has 1 unspecified atom stereocenters. The van der Waals surface area contributed by atoms with Gasteiger partial charge >= 0.3 is 0 Å². The SMILES string of the molecule is C#CC[N+](CCCCCCCCCCCC)(CCCCCCCCCCCC)C(I)Cc1ccccc1.[Cl-]. The number of alkyl halides is 1. The van der Waals surface area contributed by atoms with Crippen molar-refractivity contribution in [3.05, 3.63) is 35.9 Å². The molecule has 0 heterocycles. The highest BCUT2D eigenvalue weighted by Gasteiger charge is 2.33. The number of quaternary nitrogens is 1. The molecule has 1 nitrogen and oxygen atoms in total. The van der Waals surface area contributed by atoms with Gasteiger partial charge in [-0.3, -0.25) is 0 Å². The van der Waals surface area contributed by atoms with E-state index in [2.05, 4.69) is 72.7 Å². The number of unbranched alkanes of at least 4 members (excludes halogenated alkanes) is 18. The molecule has 0 aliphatic rings. The van der Waals surface area contributed by atoms with Gasteiger partial charge in [-0.05, 0) is 59.8 Å². The normalized spacial score (nSPS) is 12.2. The van der Waals surface area contributed by atoms with Gasteiger partial charge in [-0.2, -0.15) is 0 Å². The minimum atomic E-state index is 0. The molecule has 0 aliphatic heterocycles. The number of rotatable bonds is 26. The van der Waals surface area contributed by atoms with Crippen LogP contribution < -0.4 is 12.4 Å². The van der Waals surface area contributed by atoms with Gasteiger partial charge in [0.2, 0.25) is 0 Å². The Morgan fingerprint density at radius 2 is 1.00 bits per heavy atom. The molecule has 220 valence electrons. The zero-order chi connectivity index (χ0) is 26.9. The van der Waals surface area contributed by atoms with E-state index in [1.165, 1.54) is 147 Å². The van der Waals surface area contributed by atoms with Crippen molar-refractivity contribution >= 4 is 22.6 Å². The number of hydrogen-bond donors (Lipinski definition) is 0. The Morgan fingerprint density at radius 3 is 1.37 bits per heavy atom. The van der Waals surface area contributed by atoms with E-state index in [0.29, 0.717) is 4.05 Å². The Kier molecular flexibility index (Phi) is 26.8. The molecule has 3 heteroatoms. The molecule has 0 aromatic heterocycles. The van der Waals surface area contributed by atoms with Crippen molar-refractivity contribution in [3.8, 4) is 12.3 Å². The molecular formula is C35H61ClIN. The van der Waals surface area contributed by atoms with Crippen LogP contribution in [-0.4, -0.2) is 28.2 Å². The third-order valence-electron chi connectivity index (χ3n) is 8.16. The van der Waals surface area contributed by atoms with Crippen molar-refractivity contribution in [1.29, 1.82) is 0 Å². The minimum absolute atomic E-state index is 0. The number of nitrogens with zero attached hydrogens (tertiary/aromatic N) is 1. The first kappa shape index (κ1) is 37.8. The lowest BCUT2D eigenvalue weighted by atomic mass is 10.0. The van der Waals surface area contributed by atoms with Crippen molar-refractivity contribution in [3.63, 3.8) is 0 Å².